The summed E-state index contributed by atoms with van der Waals surface area (Å²) in [6, 6.07) is 6.45. The van der Waals surface area contributed by atoms with Crippen molar-refractivity contribution in [3.8, 4) is 0 Å². The van der Waals surface area contributed by atoms with E-state index in [-0.39, 0.29) is 11.6 Å². The quantitative estimate of drug-likeness (QED) is 0.840. The summed E-state index contributed by atoms with van der Waals surface area (Å²) in [4.78, 5) is 24.6. The van der Waals surface area contributed by atoms with Crippen LogP contribution in [0.5, 0.6) is 0 Å². The maximum atomic E-state index is 12.0. The van der Waals surface area contributed by atoms with Crippen LogP contribution in [0.4, 0.5) is 4.79 Å². The molecule has 20 heavy (non-hydrogen) atoms. The number of hydrogen-bond acceptors (Lipinski definition) is 2. The Kier molecular flexibility index (Phi) is 6.03. The summed E-state index contributed by atoms with van der Waals surface area (Å²) >= 11 is 0. The van der Waals surface area contributed by atoms with Gasteiger partial charge < -0.3 is 15.3 Å². The van der Waals surface area contributed by atoms with Crippen LogP contribution >= 0.6 is 0 Å². The molecule has 0 fully saturated rings. The van der Waals surface area contributed by atoms with Crippen LogP contribution in [-0.4, -0.2) is 35.1 Å². The van der Waals surface area contributed by atoms with Crippen LogP contribution in [0.25, 0.3) is 0 Å². The van der Waals surface area contributed by atoms with Gasteiger partial charge >= 0.3 is 12.0 Å². The third kappa shape index (κ3) is 4.91. The summed E-state index contributed by atoms with van der Waals surface area (Å²) in [6.45, 7) is 7.75. The van der Waals surface area contributed by atoms with Gasteiger partial charge in [0.1, 0.15) is 0 Å². The fraction of sp³-hybridized carbons (Fsp3) is 0.467. The third-order valence-corrected chi connectivity index (χ3v) is 2.87. The lowest BCUT2D eigenvalue weighted by molar-refractivity contribution is 0.0696. The molecule has 110 valence electrons. The molecule has 0 spiro atoms. The SMILES string of the molecule is CCN(CC(C)C)C(=O)NCc1cccc(C(=O)O)c1. The molecule has 2 N–H and O–H groups in total. The Bertz CT molecular complexity index is 472. The van der Waals surface area contributed by atoms with Crippen molar-refractivity contribution < 1.29 is 14.7 Å². The van der Waals surface area contributed by atoms with Crippen LogP contribution in [0.1, 0.15) is 36.7 Å². The molecule has 0 bridgehead atoms. The Morgan fingerprint density at radius 3 is 2.60 bits per heavy atom. The van der Waals surface area contributed by atoms with Crippen molar-refractivity contribution in [2.75, 3.05) is 13.1 Å². The van der Waals surface area contributed by atoms with Gasteiger partial charge in [0.15, 0.2) is 0 Å². The second-order valence-corrected chi connectivity index (χ2v) is 5.10. The highest BCUT2D eigenvalue weighted by atomic mass is 16.4. The van der Waals surface area contributed by atoms with E-state index in [4.69, 9.17) is 5.11 Å². The normalized spacial score (nSPS) is 10.4. The summed E-state index contributed by atoms with van der Waals surface area (Å²) in [7, 11) is 0. The number of carboxylic acid groups (broad SMARTS) is 1. The van der Waals surface area contributed by atoms with Gasteiger partial charge in [-0.25, -0.2) is 9.59 Å². The van der Waals surface area contributed by atoms with Crippen molar-refractivity contribution in [2.45, 2.75) is 27.3 Å². The van der Waals surface area contributed by atoms with Crippen molar-refractivity contribution in [3.05, 3.63) is 35.4 Å². The van der Waals surface area contributed by atoms with Crippen LogP contribution in [0.15, 0.2) is 24.3 Å². The summed E-state index contributed by atoms with van der Waals surface area (Å²) < 4.78 is 0. The van der Waals surface area contributed by atoms with Crippen molar-refractivity contribution in [3.63, 3.8) is 0 Å². The molecule has 0 aliphatic carbocycles. The van der Waals surface area contributed by atoms with E-state index in [0.717, 1.165) is 5.56 Å². The van der Waals surface area contributed by atoms with E-state index >= 15 is 0 Å². The molecule has 0 saturated heterocycles. The zero-order chi connectivity index (χ0) is 15.1. The Morgan fingerprint density at radius 1 is 1.35 bits per heavy atom. The maximum Gasteiger partial charge on any atom is 0.335 e. The zero-order valence-electron chi connectivity index (χ0n) is 12.2. The largest absolute Gasteiger partial charge is 0.478 e. The minimum absolute atomic E-state index is 0.123. The lowest BCUT2D eigenvalue weighted by Crippen LogP contribution is -2.41. The predicted octanol–water partition coefficient (Wildman–Crippen LogP) is 2.57. The number of carbonyl (C=O) groups is 2. The van der Waals surface area contributed by atoms with Gasteiger partial charge in [0.2, 0.25) is 0 Å². The summed E-state index contributed by atoms with van der Waals surface area (Å²) in [6.07, 6.45) is 0. The molecule has 1 aromatic carbocycles. The molecule has 1 rings (SSSR count). The molecule has 0 saturated carbocycles. The first kappa shape index (κ1) is 16.0. The van der Waals surface area contributed by atoms with Crippen molar-refractivity contribution in [2.24, 2.45) is 5.92 Å². The standard InChI is InChI=1S/C15H22N2O3/c1-4-17(10-11(2)3)15(20)16-9-12-6-5-7-13(8-12)14(18)19/h5-8,11H,4,9-10H2,1-3H3,(H,16,20)(H,18,19). The first-order valence-electron chi connectivity index (χ1n) is 6.79. The molecule has 5 heteroatoms. The first-order valence-corrected chi connectivity index (χ1v) is 6.79. The molecule has 0 radical (unpaired) electrons. The smallest absolute Gasteiger partial charge is 0.335 e. The van der Waals surface area contributed by atoms with Crippen LogP contribution in [0.2, 0.25) is 0 Å². The van der Waals surface area contributed by atoms with Crippen LogP contribution in [0.3, 0.4) is 0 Å². The van der Waals surface area contributed by atoms with E-state index in [9.17, 15) is 9.59 Å². The van der Waals surface area contributed by atoms with E-state index < -0.39 is 5.97 Å². The molecule has 0 aromatic heterocycles. The van der Waals surface area contributed by atoms with Gasteiger partial charge in [0.05, 0.1) is 5.56 Å². The minimum atomic E-state index is -0.965. The monoisotopic (exact) mass is 278 g/mol. The predicted molar refractivity (Wildman–Crippen MR) is 77.7 cm³/mol. The zero-order valence-corrected chi connectivity index (χ0v) is 12.2. The molecule has 2 amide bonds. The number of nitrogens with zero attached hydrogens (tertiary/aromatic N) is 1. The molecule has 1 aromatic rings. The molecule has 0 aliphatic heterocycles. The highest BCUT2D eigenvalue weighted by Gasteiger charge is 2.12. The highest BCUT2D eigenvalue weighted by Crippen LogP contribution is 2.06. The van der Waals surface area contributed by atoms with Gasteiger partial charge in [-0.1, -0.05) is 26.0 Å². The average Bonchev–Trinajstić information content (AvgIpc) is 2.42. The molecule has 0 unspecified atom stereocenters. The Hall–Kier alpha value is -2.04. The fourth-order valence-electron chi connectivity index (χ4n) is 1.90. The van der Waals surface area contributed by atoms with Gasteiger partial charge in [0, 0.05) is 19.6 Å². The average molecular weight is 278 g/mol. The van der Waals surface area contributed by atoms with E-state index in [2.05, 4.69) is 19.2 Å². The number of carbonyl (C=O) groups excluding carboxylic acids is 1. The number of carboxylic acids is 1. The van der Waals surface area contributed by atoms with Crippen molar-refractivity contribution >= 4 is 12.0 Å². The molecular weight excluding hydrogens is 256 g/mol. The second kappa shape index (κ2) is 7.53. The molecular formula is C15H22N2O3. The summed E-state index contributed by atoms with van der Waals surface area (Å²) in [5.41, 5.74) is 1.00. The van der Waals surface area contributed by atoms with Crippen molar-refractivity contribution in [1.29, 1.82) is 0 Å². The number of hydrogen-bond donors (Lipinski definition) is 2. The highest BCUT2D eigenvalue weighted by molar-refractivity contribution is 5.87. The van der Waals surface area contributed by atoms with Crippen molar-refractivity contribution in [1.82, 2.24) is 10.2 Å². The third-order valence-electron chi connectivity index (χ3n) is 2.87. The summed E-state index contributed by atoms with van der Waals surface area (Å²) in [5, 5.41) is 11.7. The Labute approximate surface area is 119 Å². The molecule has 0 heterocycles. The Balaban J connectivity index is 2.59. The lowest BCUT2D eigenvalue weighted by atomic mass is 10.1. The summed E-state index contributed by atoms with van der Waals surface area (Å²) in [5.74, 6) is -0.552. The van der Waals surface area contributed by atoms with Gasteiger partial charge in [-0.3, -0.25) is 0 Å². The van der Waals surface area contributed by atoms with Crippen LogP contribution in [-0.2, 0) is 6.54 Å². The molecule has 5 nitrogen and oxygen atoms in total. The first-order chi connectivity index (χ1) is 9.43. The Morgan fingerprint density at radius 2 is 2.05 bits per heavy atom. The van der Waals surface area contributed by atoms with E-state index in [1.54, 1.807) is 23.1 Å². The maximum absolute atomic E-state index is 12.0. The van der Waals surface area contributed by atoms with E-state index in [1.807, 2.05) is 6.92 Å². The van der Waals surface area contributed by atoms with E-state index in [0.29, 0.717) is 25.6 Å². The molecule has 0 atom stereocenters. The number of rotatable bonds is 6. The lowest BCUT2D eigenvalue weighted by Gasteiger charge is -2.23. The number of amides is 2. The van der Waals surface area contributed by atoms with Gasteiger partial charge in [-0.2, -0.15) is 0 Å². The number of aromatic carboxylic acids is 1. The van der Waals surface area contributed by atoms with Gasteiger partial charge in [-0.15, -0.1) is 0 Å². The molecule has 0 aliphatic rings. The number of urea groups is 1. The topological polar surface area (TPSA) is 69.6 Å². The van der Waals surface area contributed by atoms with Gasteiger partial charge in [-0.05, 0) is 30.5 Å². The van der Waals surface area contributed by atoms with Gasteiger partial charge in [0.25, 0.3) is 0 Å². The second-order valence-electron chi connectivity index (χ2n) is 5.10. The number of benzene rings is 1. The van der Waals surface area contributed by atoms with Crippen LogP contribution < -0.4 is 5.32 Å². The van der Waals surface area contributed by atoms with Crippen LogP contribution in [0, 0.1) is 5.92 Å². The number of nitrogens with one attached hydrogen (secondary N) is 1. The minimum Gasteiger partial charge on any atom is -0.478 e. The fourth-order valence-corrected chi connectivity index (χ4v) is 1.90. The van der Waals surface area contributed by atoms with E-state index in [1.165, 1.54) is 6.07 Å².